The van der Waals surface area contributed by atoms with Crippen LogP contribution >= 0.6 is 0 Å². The highest BCUT2D eigenvalue weighted by Crippen LogP contribution is 2.37. The Balaban J connectivity index is 3.20. The predicted molar refractivity (Wildman–Crippen MR) is 83.2 cm³/mol. The van der Waals surface area contributed by atoms with E-state index in [0.29, 0.717) is 6.42 Å². The van der Waals surface area contributed by atoms with E-state index in [1.54, 1.807) is 35.5 Å². The van der Waals surface area contributed by atoms with Crippen molar-refractivity contribution in [3.05, 3.63) is 35.9 Å². The number of ether oxygens (including phenoxy) is 3. The number of rotatable bonds is 9. The summed E-state index contributed by atoms with van der Waals surface area (Å²) in [6, 6.07) is 10.1. The maximum Gasteiger partial charge on any atom is 0.342 e. The molecular formula is C15H26O5Si. The summed E-state index contributed by atoms with van der Waals surface area (Å²) < 4.78 is 27.8. The molecule has 0 aliphatic rings. The SMILES string of the molecule is COC(CC(c1ccccc1)[Si](C)(OC)OC)(OC)OC. The van der Waals surface area contributed by atoms with E-state index in [1.807, 2.05) is 24.7 Å². The first-order chi connectivity index (χ1) is 10.0. The van der Waals surface area contributed by atoms with Gasteiger partial charge in [-0.05, 0) is 12.1 Å². The van der Waals surface area contributed by atoms with E-state index in [1.165, 1.54) is 0 Å². The Labute approximate surface area is 128 Å². The molecule has 21 heavy (non-hydrogen) atoms. The third-order valence-electron chi connectivity index (χ3n) is 4.03. The second-order valence-corrected chi connectivity index (χ2v) is 8.43. The van der Waals surface area contributed by atoms with E-state index in [2.05, 4.69) is 12.1 Å². The smallest absolute Gasteiger partial charge is 0.342 e. The fraction of sp³-hybridized carbons (Fsp3) is 0.600. The number of hydrogen-bond acceptors (Lipinski definition) is 5. The first-order valence-corrected chi connectivity index (χ1v) is 9.21. The molecule has 120 valence electrons. The van der Waals surface area contributed by atoms with Gasteiger partial charge < -0.3 is 23.1 Å². The third-order valence-corrected chi connectivity index (χ3v) is 7.46. The van der Waals surface area contributed by atoms with Crippen molar-refractivity contribution < 1.29 is 23.1 Å². The molecule has 6 heteroatoms. The molecule has 0 aliphatic carbocycles. The molecular weight excluding hydrogens is 288 g/mol. The van der Waals surface area contributed by atoms with Crippen LogP contribution < -0.4 is 0 Å². The van der Waals surface area contributed by atoms with E-state index in [9.17, 15) is 0 Å². The standard InChI is InChI=1S/C15H26O5Si/c1-16-15(17-2,18-3)12-14(21(6,19-4)20-5)13-10-8-7-9-11-13/h7-11,14H,12H2,1-6H3. The van der Waals surface area contributed by atoms with Crippen LogP contribution in [0.3, 0.4) is 0 Å². The van der Waals surface area contributed by atoms with Gasteiger partial charge >= 0.3 is 8.56 Å². The van der Waals surface area contributed by atoms with E-state index >= 15 is 0 Å². The monoisotopic (exact) mass is 314 g/mol. The minimum atomic E-state index is -2.47. The molecule has 0 bridgehead atoms. The first kappa shape index (κ1) is 18.3. The maximum absolute atomic E-state index is 5.73. The molecule has 1 rings (SSSR count). The van der Waals surface area contributed by atoms with Gasteiger partial charge in [-0.15, -0.1) is 0 Å². The van der Waals surface area contributed by atoms with Gasteiger partial charge in [0.15, 0.2) is 0 Å². The van der Waals surface area contributed by atoms with Crippen molar-refractivity contribution in [2.75, 3.05) is 35.5 Å². The van der Waals surface area contributed by atoms with Gasteiger partial charge in [0.2, 0.25) is 0 Å². The Hall–Kier alpha value is -0.763. The van der Waals surface area contributed by atoms with Crippen molar-refractivity contribution in [3.8, 4) is 0 Å². The van der Waals surface area contributed by atoms with Gasteiger partial charge in [0.25, 0.3) is 5.97 Å². The van der Waals surface area contributed by atoms with Gasteiger partial charge in [0, 0.05) is 47.5 Å². The van der Waals surface area contributed by atoms with Gasteiger partial charge in [-0.1, -0.05) is 30.3 Å². The molecule has 0 radical (unpaired) electrons. The largest absolute Gasteiger partial charge is 0.397 e. The molecule has 5 nitrogen and oxygen atoms in total. The molecule has 0 N–H and O–H groups in total. The average Bonchev–Trinajstić information content (AvgIpc) is 2.57. The van der Waals surface area contributed by atoms with Gasteiger partial charge in [0.05, 0.1) is 0 Å². The molecule has 0 heterocycles. The molecule has 1 aromatic carbocycles. The zero-order valence-corrected chi connectivity index (χ0v) is 14.7. The van der Waals surface area contributed by atoms with Crippen LogP contribution in [0.5, 0.6) is 0 Å². The highest BCUT2D eigenvalue weighted by molar-refractivity contribution is 6.67. The van der Waals surface area contributed by atoms with Gasteiger partial charge in [-0.3, -0.25) is 0 Å². The fourth-order valence-electron chi connectivity index (χ4n) is 2.41. The molecule has 0 aromatic heterocycles. The summed E-state index contributed by atoms with van der Waals surface area (Å²) >= 11 is 0. The van der Waals surface area contributed by atoms with Crippen LogP contribution in [0.1, 0.15) is 17.5 Å². The molecule has 0 fully saturated rings. The van der Waals surface area contributed by atoms with E-state index in [-0.39, 0.29) is 5.54 Å². The number of hydrogen-bond donors (Lipinski definition) is 0. The summed E-state index contributed by atoms with van der Waals surface area (Å²) in [5.74, 6) is -1.12. The zero-order chi connectivity index (χ0) is 15.9. The molecule has 1 unspecified atom stereocenters. The van der Waals surface area contributed by atoms with E-state index in [0.717, 1.165) is 5.56 Å². The molecule has 1 aromatic rings. The van der Waals surface area contributed by atoms with Crippen molar-refractivity contribution >= 4 is 8.56 Å². The van der Waals surface area contributed by atoms with Crippen LogP contribution in [0, 0.1) is 0 Å². The van der Waals surface area contributed by atoms with Crippen LogP contribution in [-0.2, 0) is 23.1 Å². The molecule has 0 amide bonds. The lowest BCUT2D eigenvalue weighted by Gasteiger charge is -2.38. The summed E-state index contributed by atoms with van der Waals surface area (Å²) in [6.07, 6.45) is 0.477. The van der Waals surface area contributed by atoms with Gasteiger partial charge in [0.1, 0.15) is 0 Å². The minimum absolute atomic E-state index is 0.00597. The van der Waals surface area contributed by atoms with Crippen LogP contribution in [0.4, 0.5) is 0 Å². The lowest BCUT2D eigenvalue weighted by atomic mass is 10.1. The lowest BCUT2D eigenvalue weighted by molar-refractivity contribution is -0.355. The van der Waals surface area contributed by atoms with Crippen molar-refractivity contribution in [1.82, 2.24) is 0 Å². The third kappa shape index (κ3) is 4.12. The molecule has 0 aliphatic heterocycles. The Morgan fingerprint density at radius 2 is 1.38 bits per heavy atom. The quantitative estimate of drug-likeness (QED) is 0.518. The summed E-state index contributed by atoms with van der Waals surface area (Å²) in [6.45, 7) is 2.02. The number of benzene rings is 1. The maximum atomic E-state index is 5.73. The minimum Gasteiger partial charge on any atom is -0.397 e. The predicted octanol–water partition coefficient (Wildman–Crippen LogP) is 2.66. The van der Waals surface area contributed by atoms with Crippen LogP contribution in [0.2, 0.25) is 6.55 Å². The van der Waals surface area contributed by atoms with E-state index in [4.69, 9.17) is 23.1 Å². The van der Waals surface area contributed by atoms with Crippen LogP contribution in [-0.4, -0.2) is 50.1 Å². The summed E-state index contributed by atoms with van der Waals surface area (Å²) in [4.78, 5) is 0. The second-order valence-electron chi connectivity index (χ2n) is 4.89. The van der Waals surface area contributed by atoms with Gasteiger partial charge in [-0.25, -0.2) is 0 Å². The average molecular weight is 314 g/mol. The summed E-state index contributed by atoms with van der Waals surface area (Å²) in [5, 5.41) is 0. The van der Waals surface area contributed by atoms with Gasteiger partial charge in [-0.2, -0.15) is 0 Å². The summed E-state index contributed by atoms with van der Waals surface area (Å²) in [5.41, 5.74) is 1.11. The highest BCUT2D eigenvalue weighted by Gasteiger charge is 2.46. The molecule has 0 saturated heterocycles. The molecule has 1 atom stereocenters. The first-order valence-electron chi connectivity index (χ1n) is 6.81. The van der Waals surface area contributed by atoms with Crippen LogP contribution in [0.25, 0.3) is 0 Å². The highest BCUT2D eigenvalue weighted by atomic mass is 28.4. The van der Waals surface area contributed by atoms with Crippen molar-refractivity contribution in [2.45, 2.75) is 24.5 Å². The molecule has 0 spiro atoms. The Bertz CT molecular complexity index is 396. The van der Waals surface area contributed by atoms with Crippen molar-refractivity contribution in [3.63, 3.8) is 0 Å². The fourth-order valence-corrected chi connectivity index (χ4v) is 4.56. The zero-order valence-electron chi connectivity index (χ0n) is 13.7. The van der Waals surface area contributed by atoms with E-state index < -0.39 is 14.5 Å². The van der Waals surface area contributed by atoms with Crippen molar-refractivity contribution in [2.24, 2.45) is 0 Å². The summed E-state index contributed by atoms with van der Waals surface area (Å²) in [7, 11) is 5.58. The lowest BCUT2D eigenvalue weighted by Crippen LogP contribution is -2.49. The second kappa shape index (κ2) is 8.02. The Kier molecular flexibility index (Phi) is 6.99. The topological polar surface area (TPSA) is 46.2 Å². The Morgan fingerprint density at radius 3 is 1.76 bits per heavy atom. The number of methoxy groups -OCH3 is 3. The Morgan fingerprint density at radius 1 is 0.905 bits per heavy atom. The van der Waals surface area contributed by atoms with Crippen molar-refractivity contribution in [1.29, 1.82) is 0 Å². The molecule has 0 saturated carbocycles. The van der Waals surface area contributed by atoms with Crippen LogP contribution in [0.15, 0.2) is 30.3 Å². The normalized spacial score (nSPS) is 14.2.